The Morgan fingerprint density at radius 1 is 1.00 bits per heavy atom. The minimum absolute atomic E-state index is 0.0655. The first kappa shape index (κ1) is 26.5. The summed E-state index contributed by atoms with van der Waals surface area (Å²) < 4.78 is 11.5. The molecule has 0 aliphatic heterocycles. The van der Waals surface area contributed by atoms with Crippen LogP contribution >= 0.6 is 0 Å². The average Bonchev–Trinajstić information content (AvgIpc) is 2.80. The Kier molecular flexibility index (Phi) is 11.0. The van der Waals surface area contributed by atoms with Gasteiger partial charge in [-0.25, -0.2) is 4.79 Å². The number of aliphatic hydroxyl groups is 1. The van der Waals surface area contributed by atoms with Gasteiger partial charge < -0.3 is 24.8 Å². The maximum atomic E-state index is 13.2. The van der Waals surface area contributed by atoms with Crippen molar-refractivity contribution in [1.29, 1.82) is 0 Å². The Morgan fingerprint density at radius 3 is 2.36 bits per heavy atom. The predicted octanol–water partition coefficient (Wildman–Crippen LogP) is 6.24. The molecule has 6 nitrogen and oxygen atoms in total. The summed E-state index contributed by atoms with van der Waals surface area (Å²) in [6.45, 7) is 9.46. The van der Waals surface area contributed by atoms with Crippen molar-refractivity contribution in [2.75, 3.05) is 25.1 Å². The van der Waals surface area contributed by atoms with Gasteiger partial charge in [0.25, 0.3) is 0 Å². The molecule has 2 aromatic rings. The monoisotopic (exact) mass is 456 g/mol. The number of aliphatic hydroxyl groups excluding tert-OH is 1. The molecular formula is C27H40N2O4. The summed E-state index contributed by atoms with van der Waals surface area (Å²) in [7, 11) is 0. The van der Waals surface area contributed by atoms with Crippen LogP contribution in [0.25, 0.3) is 0 Å². The first-order valence-corrected chi connectivity index (χ1v) is 12.0. The van der Waals surface area contributed by atoms with Gasteiger partial charge in [0.1, 0.15) is 17.1 Å². The van der Waals surface area contributed by atoms with E-state index in [4.69, 9.17) is 9.47 Å². The highest BCUT2D eigenvalue weighted by Gasteiger charge is 2.19. The Bertz CT molecular complexity index is 836. The van der Waals surface area contributed by atoms with Gasteiger partial charge in [0.05, 0.1) is 18.9 Å². The standard InChI is InChI=1S/C27H40N2O4/c1-5-7-8-9-12-19-29(26(31)28-24-13-10-11-14-25(24)32-6-2)20-22-15-17-23(18-16-22)33-27(3,4)21-30/h10-11,13-18,30H,5-9,12,19-21H2,1-4H3,(H,28,31). The number of ether oxygens (including phenoxy) is 2. The highest BCUT2D eigenvalue weighted by molar-refractivity contribution is 5.91. The third kappa shape index (κ3) is 9.34. The summed E-state index contributed by atoms with van der Waals surface area (Å²) in [5.41, 5.74) is 1.06. The van der Waals surface area contributed by atoms with Gasteiger partial charge in [0, 0.05) is 13.1 Å². The van der Waals surface area contributed by atoms with Crippen molar-refractivity contribution in [2.45, 2.75) is 71.9 Å². The van der Waals surface area contributed by atoms with Crippen LogP contribution in [0.1, 0.15) is 65.4 Å². The van der Waals surface area contributed by atoms with E-state index in [-0.39, 0.29) is 12.6 Å². The smallest absolute Gasteiger partial charge is 0.322 e. The first-order chi connectivity index (χ1) is 15.9. The summed E-state index contributed by atoms with van der Waals surface area (Å²) in [5.74, 6) is 1.36. The Balaban J connectivity index is 2.09. The molecule has 2 N–H and O–H groups in total. The third-order valence-electron chi connectivity index (χ3n) is 5.32. The number of carbonyl (C=O) groups excluding carboxylic acids is 1. The maximum absolute atomic E-state index is 13.2. The van der Waals surface area contributed by atoms with E-state index < -0.39 is 5.60 Å². The summed E-state index contributed by atoms with van der Waals surface area (Å²) >= 11 is 0. The number of amides is 2. The zero-order chi connectivity index (χ0) is 24.1. The van der Waals surface area contributed by atoms with Crippen LogP contribution in [0.2, 0.25) is 0 Å². The summed E-state index contributed by atoms with van der Waals surface area (Å²) in [6.07, 6.45) is 5.67. The molecule has 0 radical (unpaired) electrons. The van der Waals surface area contributed by atoms with Crippen molar-refractivity contribution in [3.8, 4) is 11.5 Å². The molecule has 2 aromatic carbocycles. The fourth-order valence-corrected chi connectivity index (χ4v) is 3.44. The quantitative estimate of drug-likeness (QED) is 0.330. The zero-order valence-electron chi connectivity index (χ0n) is 20.6. The predicted molar refractivity (Wildman–Crippen MR) is 134 cm³/mol. The second-order valence-electron chi connectivity index (χ2n) is 8.86. The number of hydrogen-bond acceptors (Lipinski definition) is 4. The fourth-order valence-electron chi connectivity index (χ4n) is 3.44. The maximum Gasteiger partial charge on any atom is 0.322 e. The van der Waals surface area contributed by atoms with Crippen LogP contribution in [0.4, 0.5) is 10.5 Å². The van der Waals surface area contributed by atoms with E-state index in [9.17, 15) is 9.90 Å². The number of benzene rings is 2. The van der Waals surface area contributed by atoms with Gasteiger partial charge in [-0.15, -0.1) is 0 Å². The lowest BCUT2D eigenvalue weighted by atomic mass is 10.1. The van der Waals surface area contributed by atoms with Crippen molar-refractivity contribution in [3.63, 3.8) is 0 Å². The molecule has 0 aliphatic rings. The molecule has 0 saturated heterocycles. The number of nitrogens with zero attached hydrogens (tertiary/aromatic N) is 1. The summed E-state index contributed by atoms with van der Waals surface area (Å²) in [5, 5.41) is 12.4. The molecule has 0 unspecified atom stereocenters. The van der Waals surface area contributed by atoms with Gasteiger partial charge in [0.2, 0.25) is 0 Å². The number of para-hydroxylation sites is 2. The number of nitrogens with one attached hydrogen (secondary N) is 1. The summed E-state index contributed by atoms with van der Waals surface area (Å²) in [4.78, 5) is 15.0. The number of anilines is 1. The van der Waals surface area contributed by atoms with Gasteiger partial charge in [-0.3, -0.25) is 0 Å². The molecule has 0 saturated carbocycles. The molecule has 2 amide bonds. The van der Waals surface area contributed by atoms with E-state index in [1.54, 1.807) is 0 Å². The van der Waals surface area contributed by atoms with Gasteiger partial charge in [-0.1, -0.05) is 56.9 Å². The van der Waals surface area contributed by atoms with Gasteiger partial charge in [-0.05, 0) is 57.0 Å². The molecule has 33 heavy (non-hydrogen) atoms. The van der Waals surface area contributed by atoms with Gasteiger partial charge in [-0.2, -0.15) is 0 Å². The molecule has 0 fully saturated rings. The van der Waals surface area contributed by atoms with Crippen molar-refractivity contribution < 1.29 is 19.4 Å². The Morgan fingerprint density at radius 2 is 1.70 bits per heavy atom. The van der Waals surface area contributed by atoms with Crippen molar-refractivity contribution in [2.24, 2.45) is 0 Å². The normalized spacial score (nSPS) is 11.2. The van der Waals surface area contributed by atoms with Crippen LogP contribution in [0.3, 0.4) is 0 Å². The van der Waals surface area contributed by atoms with Crippen LogP contribution < -0.4 is 14.8 Å². The van der Waals surface area contributed by atoms with Crippen molar-refractivity contribution in [1.82, 2.24) is 4.90 Å². The number of hydrogen-bond donors (Lipinski definition) is 2. The van der Waals surface area contributed by atoms with E-state index in [0.29, 0.717) is 36.9 Å². The van der Waals surface area contributed by atoms with E-state index >= 15 is 0 Å². The molecular weight excluding hydrogens is 416 g/mol. The lowest BCUT2D eigenvalue weighted by Crippen LogP contribution is -2.35. The molecule has 6 heteroatoms. The van der Waals surface area contributed by atoms with Gasteiger partial charge >= 0.3 is 6.03 Å². The van der Waals surface area contributed by atoms with Crippen LogP contribution in [0.5, 0.6) is 11.5 Å². The molecule has 0 bridgehead atoms. The van der Waals surface area contributed by atoms with E-state index in [0.717, 1.165) is 18.4 Å². The Labute approximate surface area is 198 Å². The molecule has 2 rings (SSSR count). The minimum Gasteiger partial charge on any atom is -0.492 e. The van der Waals surface area contributed by atoms with Crippen LogP contribution in [-0.4, -0.2) is 41.4 Å². The molecule has 182 valence electrons. The fraction of sp³-hybridized carbons (Fsp3) is 0.519. The molecule has 0 aliphatic carbocycles. The average molecular weight is 457 g/mol. The first-order valence-electron chi connectivity index (χ1n) is 12.0. The molecule has 0 aromatic heterocycles. The lowest BCUT2D eigenvalue weighted by molar-refractivity contribution is 0.0412. The van der Waals surface area contributed by atoms with Crippen LogP contribution in [0, 0.1) is 0 Å². The number of rotatable bonds is 14. The zero-order valence-corrected chi connectivity index (χ0v) is 20.6. The van der Waals surface area contributed by atoms with E-state index in [1.165, 1.54) is 19.3 Å². The highest BCUT2D eigenvalue weighted by Crippen LogP contribution is 2.25. The molecule has 0 heterocycles. The minimum atomic E-state index is -0.639. The van der Waals surface area contributed by atoms with E-state index in [2.05, 4.69) is 12.2 Å². The largest absolute Gasteiger partial charge is 0.492 e. The number of unbranched alkanes of at least 4 members (excludes halogenated alkanes) is 4. The second-order valence-corrected chi connectivity index (χ2v) is 8.86. The van der Waals surface area contributed by atoms with Crippen molar-refractivity contribution >= 4 is 11.7 Å². The van der Waals surface area contributed by atoms with Crippen LogP contribution in [0.15, 0.2) is 48.5 Å². The van der Waals surface area contributed by atoms with Gasteiger partial charge in [0.15, 0.2) is 0 Å². The SMILES string of the molecule is CCCCCCCN(Cc1ccc(OC(C)(C)CO)cc1)C(=O)Nc1ccccc1OCC. The second kappa shape index (κ2) is 13.7. The number of carbonyl (C=O) groups is 1. The molecule has 0 spiro atoms. The Hall–Kier alpha value is -2.73. The van der Waals surface area contributed by atoms with Crippen molar-refractivity contribution in [3.05, 3.63) is 54.1 Å². The third-order valence-corrected chi connectivity index (χ3v) is 5.32. The summed E-state index contributed by atoms with van der Waals surface area (Å²) in [6, 6.07) is 15.1. The van der Waals surface area contributed by atoms with E-state index in [1.807, 2.05) is 74.2 Å². The van der Waals surface area contributed by atoms with Crippen LogP contribution in [-0.2, 0) is 6.54 Å². The highest BCUT2D eigenvalue weighted by atomic mass is 16.5. The topological polar surface area (TPSA) is 71.0 Å². The lowest BCUT2D eigenvalue weighted by Gasteiger charge is -2.25. The molecule has 0 atom stereocenters. The number of urea groups is 1.